The van der Waals surface area contributed by atoms with Gasteiger partial charge in [-0.2, -0.15) is 5.10 Å². The van der Waals surface area contributed by atoms with E-state index in [-0.39, 0.29) is 12.3 Å². The van der Waals surface area contributed by atoms with Crippen LogP contribution in [0.25, 0.3) is 21.8 Å². The molecule has 2 aromatic heterocycles. The first-order valence-corrected chi connectivity index (χ1v) is 7.36. The van der Waals surface area contributed by atoms with Crippen molar-refractivity contribution in [2.24, 2.45) is 0 Å². The minimum absolute atomic E-state index is 0.0785. The summed E-state index contributed by atoms with van der Waals surface area (Å²) in [7, 11) is 0. The van der Waals surface area contributed by atoms with E-state index in [2.05, 4.69) is 20.5 Å². The van der Waals surface area contributed by atoms with Gasteiger partial charge in [0.1, 0.15) is 0 Å². The number of carbonyl (C=O) groups excluding carboxylic acids is 1. The number of nitrogens with zero attached hydrogens (tertiary/aromatic N) is 2. The number of aromatic amines is 1. The van der Waals surface area contributed by atoms with Gasteiger partial charge < -0.3 is 5.32 Å². The molecule has 112 valence electrons. The Morgan fingerprint density at radius 2 is 1.87 bits per heavy atom. The van der Waals surface area contributed by atoms with Crippen LogP contribution in [0.5, 0.6) is 0 Å². The summed E-state index contributed by atoms with van der Waals surface area (Å²) < 4.78 is 0. The van der Waals surface area contributed by atoms with E-state index >= 15 is 0 Å². The average Bonchev–Trinajstić information content (AvgIpc) is 3.05. The molecule has 0 aliphatic rings. The van der Waals surface area contributed by atoms with Crippen molar-refractivity contribution in [1.29, 1.82) is 0 Å². The van der Waals surface area contributed by atoms with Crippen molar-refractivity contribution in [2.45, 2.75) is 6.42 Å². The van der Waals surface area contributed by atoms with Crippen LogP contribution in [0.3, 0.4) is 0 Å². The van der Waals surface area contributed by atoms with Crippen molar-refractivity contribution in [2.75, 3.05) is 5.32 Å². The fourth-order valence-corrected chi connectivity index (χ4v) is 2.75. The van der Waals surface area contributed by atoms with Crippen LogP contribution in [-0.4, -0.2) is 21.1 Å². The lowest BCUT2D eigenvalue weighted by atomic mass is 10.1. The molecule has 4 rings (SSSR count). The lowest BCUT2D eigenvalue weighted by Gasteiger charge is -2.08. The molecule has 23 heavy (non-hydrogen) atoms. The number of nitrogens with one attached hydrogen (secondary N) is 2. The quantitative estimate of drug-likeness (QED) is 0.610. The van der Waals surface area contributed by atoms with Gasteiger partial charge in [0.15, 0.2) is 0 Å². The smallest absolute Gasteiger partial charge is 0.228 e. The standard InChI is InChI=1S/C18H14N4O/c23-16(21-15-8-2-6-14-11-20-22-18(14)15)10-13-5-1-4-12-7-3-9-19-17(12)13/h1-9,11H,10H2,(H,20,22)(H,21,23). The second kappa shape index (κ2) is 5.53. The Balaban J connectivity index is 1.61. The minimum Gasteiger partial charge on any atom is -0.324 e. The summed E-state index contributed by atoms with van der Waals surface area (Å²) in [5.41, 5.74) is 3.34. The SMILES string of the molecule is O=C(Cc1cccc2cccnc12)Nc1cccc2cn[nH]c12. The molecule has 2 heterocycles. The molecule has 2 N–H and O–H groups in total. The number of aromatic nitrogens is 3. The topological polar surface area (TPSA) is 70.7 Å². The predicted molar refractivity (Wildman–Crippen MR) is 90.2 cm³/mol. The van der Waals surface area contributed by atoms with Crippen LogP contribution in [0, 0.1) is 0 Å². The molecule has 0 aliphatic carbocycles. The maximum absolute atomic E-state index is 12.4. The van der Waals surface area contributed by atoms with Crippen LogP contribution in [0.1, 0.15) is 5.56 Å². The molecular weight excluding hydrogens is 288 g/mol. The Morgan fingerprint density at radius 3 is 2.83 bits per heavy atom. The van der Waals surface area contributed by atoms with Crippen LogP contribution in [0.4, 0.5) is 5.69 Å². The number of hydrogen-bond acceptors (Lipinski definition) is 3. The van der Waals surface area contributed by atoms with E-state index in [0.717, 1.165) is 33.1 Å². The van der Waals surface area contributed by atoms with E-state index in [9.17, 15) is 4.79 Å². The summed E-state index contributed by atoms with van der Waals surface area (Å²) in [4.78, 5) is 16.8. The van der Waals surface area contributed by atoms with Gasteiger partial charge in [-0.1, -0.05) is 36.4 Å². The normalized spacial score (nSPS) is 11.0. The molecule has 0 saturated heterocycles. The number of fused-ring (bicyclic) bond motifs is 2. The second-order valence-corrected chi connectivity index (χ2v) is 5.36. The summed E-state index contributed by atoms with van der Waals surface area (Å²) in [6.45, 7) is 0. The van der Waals surface area contributed by atoms with Gasteiger partial charge in [-0.3, -0.25) is 14.9 Å². The van der Waals surface area contributed by atoms with Gasteiger partial charge in [0, 0.05) is 17.0 Å². The van der Waals surface area contributed by atoms with Gasteiger partial charge in [-0.05, 0) is 17.7 Å². The first kappa shape index (κ1) is 13.5. The molecule has 0 radical (unpaired) electrons. The van der Waals surface area contributed by atoms with Crippen LogP contribution >= 0.6 is 0 Å². The summed E-state index contributed by atoms with van der Waals surface area (Å²) >= 11 is 0. The molecule has 2 aromatic carbocycles. The largest absolute Gasteiger partial charge is 0.324 e. The molecule has 5 heteroatoms. The molecule has 0 saturated carbocycles. The van der Waals surface area contributed by atoms with Crippen LogP contribution in [0.2, 0.25) is 0 Å². The number of hydrogen-bond donors (Lipinski definition) is 2. The van der Waals surface area contributed by atoms with Crippen LogP contribution in [-0.2, 0) is 11.2 Å². The van der Waals surface area contributed by atoms with E-state index in [4.69, 9.17) is 0 Å². The molecule has 0 aliphatic heterocycles. The number of carbonyl (C=O) groups is 1. The molecule has 0 atom stereocenters. The number of rotatable bonds is 3. The molecule has 5 nitrogen and oxygen atoms in total. The fourth-order valence-electron chi connectivity index (χ4n) is 2.75. The monoisotopic (exact) mass is 302 g/mol. The first-order chi connectivity index (χ1) is 11.3. The maximum Gasteiger partial charge on any atom is 0.228 e. The number of pyridine rings is 1. The minimum atomic E-state index is -0.0785. The van der Waals surface area contributed by atoms with Crippen molar-refractivity contribution < 1.29 is 4.79 Å². The highest BCUT2D eigenvalue weighted by Gasteiger charge is 2.10. The highest BCUT2D eigenvalue weighted by molar-refractivity contribution is 6.01. The zero-order valence-corrected chi connectivity index (χ0v) is 12.3. The Hall–Kier alpha value is -3.21. The average molecular weight is 302 g/mol. The van der Waals surface area contributed by atoms with Gasteiger partial charge in [-0.25, -0.2) is 0 Å². The Morgan fingerprint density at radius 1 is 1.04 bits per heavy atom. The third kappa shape index (κ3) is 2.53. The lowest BCUT2D eigenvalue weighted by Crippen LogP contribution is -2.15. The van der Waals surface area contributed by atoms with Crippen LogP contribution < -0.4 is 5.32 Å². The second-order valence-electron chi connectivity index (χ2n) is 5.36. The molecule has 0 fully saturated rings. The van der Waals surface area contributed by atoms with Gasteiger partial charge in [-0.15, -0.1) is 0 Å². The van der Waals surface area contributed by atoms with Crippen molar-refractivity contribution in [3.63, 3.8) is 0 Å². The third-order valence-electron chi connectivity index (χ3n) is 3.82. The van der Waals surface area contributed by atoms with E-state index in [1.807, 2.05) is 48.5 Å². The van der Waals surface area contributed by atoms with E-state index < -0.39 is 0 Å². The number of amides is 1. The van der Waals surface area contributed by atoms with Gasteiger partial charge >= 0.3 is 0 Å². The molecule has 0 unspecified atom stereocenters. The molecule has 4 aromatic rings. The first-order valence-electron chi connectivity index (χ1n) is 7.36. The Labute approximate surface area is 132 Å². The summed E-state index contributed by atoms with van der Waals surface area (Å²) in [6.07, 6.45) is 3.76. The van der Waals surface area contributed by atoms with Crippen molar-refractivity contribution in [3.8, 4) is 0 Å². The van der Waals surface area contributed by atoms with Gasteiger partial charge in [0.05, 0.1) is 29.3 Å². The highest BCUT2D eigenvalue weighted by atomic mass is 16.1. The highest BCUT2D eigenvalue weighted by Crippen LogP contribution is 2.21. The van der Waals surface area contributed by atoms with E-state index in [1.54, 1.807) is 12.4 Å². The predicted octanol–water partition coefficient (Wildman–Crippen LogP) is 3.29. The number of para-hydroxylation sites is 2. The van der Waals surface area contributed by atoms with E-state index in [0.29, 0.717) is 0 Å². The fraction of sp³-hybridized carbons (Fsp3) is 0.0556. The van der Waals surface area contributed by atoms with Crippen LogP contribution in [0.15, 0.2) is 60.9 Å². The number of anilines is 1. The number of H-pyrrole nitrogens is 1. The Kier molecular flexibility index (Phi) is 3.24. The molecular formula is C18H14N4O. The van der Waals surface area contributed by atoms with E-state index in [1.165, 1.54) is 0 Å². The third-order valence-corrected chi connectivity index (χ3v) is 3.82. The zero-order chi connectivity index (χ0) is 15.6. The van der Waals surface area contributed by atoms with Crippen molar-refractivity contribution >= 4 is 33.4 Å². The molecule has 0 spiro atoms. The summed E-state index contributed by atoms with van der Waals surface area (Å²) in [5, 5.41) is 11.9. The summed E-state index contributed by atoms with van der Waals surface area (Å²) in [6, 6.07) is 15.5. The van der Waals surface area contributed by atoms with Crippen molar-refractivity contribution in [1.82, 2.24) is 15.2 Å². The van der Waals surface area contributed by atoms with Crippen molar-refractivity contribution in [3.05, 3.63) is 66.5 Å². The molecule has 1 amide bonds. The maximum atomic E-state index is 12.4. The summed E-state index contributed by atoms with van der Waals surface area (Å²) in [5.74, 6) is -0.0785. The zero-order valence-electron chi connectivity index (χ0n) is 12.3. The number of benzene rings is 2. The van der Waals surface area contributed by atoms with Gasteiger partial charge in [0.2, 0.25) is 5.91 Å². The van der Waals surface area contributed by atoms with Gasteiger partial charge in [0.25, 0.3) is 0 Å². The molecule has 0 bridgehead atoms. The lowest BCUT2D eigenvalue weighted by molar-refractivity contribution is -0.115. The Bertz CT molecular complexity index is 1000.